The molecule has 1 amide bonds. The predicted octanol–water partition coefficient (Wildman–Crippen LogP) is 4.89. The molecule has 1 aliphatic heterocycles. The zero-order valence-corrected chi connectivity index (χ0v) is 28.5. The Balaban J connectivity index is 0.000000566. The van der Waals surface area contributed by atoms with E-state index in [9.17, 15) is 44.3 Å². The van der Waals surface area contributed by atoms with Gasteiger partial charge < -0.3 is 40.3 Å². The Morgan fingerprint density at radius 2 is 1.41 bits per heavy atom. The second-order valence-electron chi connectivity index (χ2n) is 10.9. The molecule has 300 valence electrons. The summed E-state index contributed by atoms with van der Waals surface area (Å²) in [6.45, 7) is 3.90. The molecule has 6 N–H and O–H groups in total. The molecular weight excluding hydrogens is 757 g/mol. The van der Waals surface area contributed by atoms with Crippen LogP contribution in [0, 0.1) is 6.92 Å². The number of aliphatic carboxylic acids is 3. The van der Waals surface area contributed by atoms with E-state index in [2.05, 4.69) is 25.7 Å². The smallest absolute Gasteiger partial charge is 0.490 e. The molecule has 4 rings (SSSR count). The fourth-order valence-corrected chi connectivity index (χ4v) is 3.91. The molecule has 0 unspecified atom stereocenters. The number of fused-ring (bicyclic) bond motifs is 1. The van der Waals surface area contributed by atoms with E-state index in [1.165, 1.54) is 5.56 Å². The number of H-pyrrole nitrogens is 1. The lowest BCUT2D eigenvalue weighted by molar-refractivity contribution is -0.193. The summed E-state index contributed by atoms with van der Waals surface area (Å²) >= 11 is 0. The first-order valence-corrected chi connectivity index (χ1v) is 14.8. The standard InChI is InChI=1S/C25H31N5O3.3C2HF3O2/c1-16-21(15-27-29-16)17-6-8-22(24(13-17)33-10-9-30(2)3)28-25(31)23-12-19-11-20(32-4)7-5-18(19)14-26-23;3*3-2(4,5)1(6)7/h5-8,11,13,15,23,26H,9-10,12,14H2,1-4H3,(H,27,29)(H,28,31);3*(H,6,7)/t23-;;;/m1.../s1. The predicted molar refractivity (Wildman–Crippen MR) is 170 cm³/mol. The zero-order valence-electron chi connectivity index (χ0n) is 28.5. The van der Waals surface area contributed by atoms with Crippen LogP contribution in [-0.4, -0.2) is 113 Å². The SMILES string of the molecule is COc1ccc2c(c1)C[C@H](C(=O)Nc1ccc(-c3cn[nH]c3C)cc1OCCN(C)C)NC2.O=C(O)C(F)(F)F.O=C(O)C(F)(F)F.O=C(O)C(F)(F)F. The third-order valence-electron chi connectivity index (χ3n) is 6.60. The number of alkyl halides is 9. The van der Waals surface area contributed by atoms with Gasteiger partial charge in [0.15, 0.2) is 0 Å². The monoisotopic (exact) mass is 791 g/mol. The number of carbonyl (C=O) groups excluding carboxylic acids is 1. The number of aromatic nitrogens is 2. The van der Waals surface area contributed by atoms with Crippen molar-refractivity contribution in [3.8, 4) is 22.6 Å². The van der Waals surface area contributed by atoms with E-state index >= 15 is 0 Å². The lowest BCUT2D eigenvalue weighted by Gasteiger charge is -2.26. The molecule has 23 heteroatoms. The molecular formula is C31H34F9N5O9. The van der Waals surface area contributed by atoms with E-state index in [0.717, 1.165) is 34.7 Å². The Kier molecular flexibility index (Phi) is 17.2. The largest absolute Gasteiger partial charge is 0.497 e. The van der Waals surface area contributed by atoms with Crippen LogP contribution >= 0.6 is 0 Å². The molecule has 0 saturated heterocycles. The van der Waals surface area contributed by atoms with Crippen LogP contribution in [0.3, 0.4) is 0 Å². The Bertz CT molecular complexity index is 1670. The second-order valence-corrected chi connectivity index (χ2v) is 10.9. The first-order valence-electron chi connectivity index (χ1n) is 14.8. The van der Waals surface area contributed by atoms with Crippen LogP contribution in [0.4, 0.5) is 45.2 Å². The maximum absolute atomic E-state index is 13.2. The minimum Gasteiger partial charge on any atom is -0.497 e. The Hall–Kier alpha value is -5.58. The van der Waals surface area contributed by atoms with Gasteiger partial charge in [-0.25, -0.2) is 14.4 Å². The van der Waals surface area contributed by atoms with Gasteiger partial charge in [0.1, 0.15) is 18.1 Å². The van der Waals surface area contributed by atoms with Crippen molar-refractivity contribution >= 4 is 29.5 Å². The van der Waals surface area contributed by atoms with Crippen LogP contribution in [0.25, 0.3) is 11.1 Å². The lowest BCUT2D eigenvalue weighted by Crippen LogP contribution is -2.44. The van der Waals surface area contributed by atoms with Crippen molar-refractivity contribution in [2.75, 3.05) is 39.7 Å². The Labute approximate surface area is 299 Å². The van der Waals surface area contributed by atoms with Gasteiger partial charge in [0.25, 0.3) is 0 Å². The molecule has 0 saturated carbocycles. The zero-order chi connectivity index (χ0) is 41.6. The van der Waals surface area contributed by atoms with Gasteiger partial charge in [-0.05, 0) is 68.4 Å². The lowest BCUT2D eigenvalue weighted by atomic mass is 9.95. The maximum atomic E-state index is 13.2. The molecule has 1 aromatic heterocycles. The molecule has 0 radical (unpaired) electrons. The number of ether oxygens (including phenoxy) is 2. The summed E-state index contributed by atoms with van der Waals surface area (Å²) in [7, 11) is 5.65. The summed E-state index contributed by atoms with van der Waals surface area (Å²) in [6, 6.07) is 11.5. The average Bonchev–Trinajstić information content (AvgIpc) is 3.49. The van der Waals surface area contributed by atoms with E-state index in [0.29, 0.717) is 31.0 Å². The van der Waals surface area contributed by atoms with Crippen LogP contribution in [0.2, 0.25) is 0 Å². The van der Waals surface area contributed by atoms with Crippen LogP contribution in [0.5, 0.6) is 11.5 Å². The van der Waals surface area contributed by atoms with Gasteiger partial charge in [0.2, 0.25) is 5.91 Å². The van der Waals surface area contributed by atoms with Crippen molar-refractivity contribution < 1.29 is 83.5 Å². The average molecular weight is 792 g/mol. The Morgan fingerprint density at radius 1 is 0.870 bits per heavy atom. The molecule has 14 nitrogen and oxygen atoms in total. The normalized spacial score (nSPS) is 13.7. The number of likely N-dealkylation sites (N-methyl/N-ethyl adjacent to an activating group) is 1. The molecule has 54 heavy (non-hydrogen) atoms. The number of amides is 1. The quantitative estimate of drug-likeness (QED) is 0.169. The second kappa shape index (κ2) is 20.0. The number of aryl methyl sites for hydroxylation is 1. The maximum Gasteiger partial charge on any atom is 0.490 e. The molecule has 1 atom stereocenters. The molecule has 0 aliphatic carbocycles. The van der Waals surface area contributed by atoms with Crippen LogP contribution in [0.1, 0.15) is 16.8 Å². The molecule has 2 aromatic carbocycles. The molecule has 0 spiro atoms. The van der Waals surface area contributed by atoms with Crippen molar-refractivity contribution in [3.05, 3.63) is 59.4 Å². The highest BCUT2D eigenvalue weighted by Crippen LogP contribution is 2.32. The summed E-state index contributed by atoms with van der Waals surface area (Å²) in [5, 5.41) is 34.9. The third kappa shape index (κ3) is 16.0. The first kappa shape index (κ1) is 46.4. The molecule has 0 fully saturated rings. The van der Waals surface area contributed by atoms with Crippen LogP contribution < -0.4 is 20.1 Å². The minimum atomic E-state index is -5.08. The van der Waals surface area contributed by atoms with E-state index in [1.54, 1.807) is 13.3 Å². The highest BCUT2D eigenvalue weighted by molar-refractivity contribution is 5.97. The summed E-state index contributed by atoms with van der Waals surface area (Å²) in [6.07, 6.45) is -12.9. The van der Waals surface area contributed by atoms with Gasteiger partial charge >= 0.3 is 36.4 Å². The minimum absolute atomic E-state index is 0.0897. The number of benzene rings is 2. The van der Waals surface area contributed by atoms with Gasteiger partial charge in [0, 0.05) is 24.3 Å². The summed E-state index contributed by atoms with van der Waals surface area (Å²) in [4.78, 5) is 41.9. The number of methoxy groups -OCH3 is 1. The number of carboxylic acids is 3. The summed E-state index contributed by atoms with van der Waals surface area (Å²) < 4.78 is 107. The van der Waals surface area contributed by atoms with Gasteiger partial charge in [-0.15, -0.1) is 0 Å². The van der Waals surface area contributed by atoms with Crippen molar-refractivity contribution in [2.45, 2.75) is 44.5 Å². The Morgan fingerprint density at radius 3 is 1.85 bits per heavy atom. The number of hydrogen-bond donors (Lipinski definition) is 6. The summed E-state index contributed by atoms with van der Waals surface area (Å²) in [5.41, 5.74) is 5.93. The van der Waals surface area contributed by atoms with Crippen LogP contribution in [-0.2, 0) is 32.1 Å². The highest BCUT2D eigenvalue weighted by atomic mass is 19.4. The number of hydrogen-bond acceptors (Lipinski definition) is 9. The number of rotatable bonds is 8. The fourth-order valence-electron chi connectivity index (χ4n) is 3.91. The number of carboxylic acid groups (broad SMARTS) is 3. The molecule has 0 bridgehead atoms. The number of nitrogens with one attached hydrogen (secondary N) is 3. The number of carbonyl (C=O) groups is 4. The van der Waals surface area contributed by atoms with Gasteiger partial charge in [-0.1, -0.05) is 12.1 Å². The number of halogens is 9. The van der Waals surface area contributed by atoms with Gasteiger partial charge in [0.05, 0.1) is 25.0 Å². The third-order valence-corrected chi connectivity index (χ3v) is 6.60. The van der Waals surface area contributed by atoms with Crippen molar-refractivity contribution in [2.24, 2.45) is 0 Å². The van der Waals surface area contributed by atoms with Crippen molar-refractivity contribution in [1.82, 2.24) is 20.4 Å². The number of nitrogens with zero attached hydrogens (tertiary/aromatic N) is 2. The van der Waals surface area contributed by atoms with Crippen molar-refractivity contribution in [1.29, 1.82) is 0 Å². The highest BCUT2D eigenvalue weighted by Gasteiger charge is 2.39. The fraction of sp³-hybridized carbons (Fsp3) is 0.387. The number of anilines is 1. The van der Waals surface area contributed by atoms with Crippen molar-refractivity contribution in [3.63, 3.8) is 0 Å². The van der Waals surface area contributed by atoms with E-state index in [4.69, 9.17) is 39.2 Å². The van der Waals surface area contributed by atoms with E-state index in [-0.39, 0.29) is 11.9 Å². The molecule has 3 aromatic rings. The van der Waals surface area contributed by atoms with Gasteiger partial charge in [-0.3, -0.25) is 9.89 Å². The first-order chi connectivity index (χ1) is 24.8. The van der Waals surface area contributed by atoms with Crippen LogP contribution in [0.15, 0.2) is 42.6 Å². The molecule has 2 heterocycles. The summed E-state index contributed by atoms with van der Waals surface area (Å²) in [5.74, 6) is -6.92. The van der Waals surface area contributed by atoms with Gasteiger partial charge in [-0.2, -0.15) is 44.6 Å². The van der Waals surface area contributed by atoms with E-state index in [1.807, 2.05) is 57.4 Å². The topological polar surface area (TPSA) is 203 Å². The number of aromatic amines is 1. The van der Waals surface area contributed by atoms with E-state index < -0.39 is 36.4 Å². The molecule has 1 aliphatic rings.